The van der Waals surface area contributed by atoms with Crippen LogP contribution in [0.2, 0.25) is 0 Å². The van der Waals surface area contributed by atoms with Crippen molar-refractivity contribution in [2.24, 2.45) is 0 Å². The molecule has 1 aromatic rings. The highest BCUT2D eigenvalue weighted by Crippen LogP contribution is 2.24. The van der Waals surface area contributed by atoms with Crippen LogP contribution in [0.25, 0.3) is 0 Å². The van der Waals surface area contributed by atoms with Crippen LogP contribution in [0.3, 0.4) is 0 Å². The molecule has 3 rings (SSSR count). The molecule has 0 saturated carbocycles. The lowest BCUT2D eigenvalue weighted by molar-refractivity contribution is -0.0369. The summed E-state index contributed by atoms with van der Waals surface area (Å²) in [5, 5.41) is 19.6. The molecule has 0 aliphatic carbocycles. The Morgan fingerprint density at radius 2 is 1.40 bits per heavy atom. The van der Waals surface area contributed by atoms with Gasteiger partial charge >= 0.3 is 0 Å². The van der Waals surface area contributed by atoms with E-state index in [1.165, 1.54) is 0 Å². The van der Waals surface area contributed by atoms with E-state index in [1.807, 2.05) is 13.0 Å². The number of ether oxygens (including phenoxy) is 2. The van der Waals surface area contributed by atoms with Crippen LogP contribution in [0.5, 0.6) is 0 Å². The van der Waals surface area contributed by atoms with E-state index in [9.17, 15) is 10.2 Å². The van der Waals surface area contributed by atoms with Crippen LogP contribution in [-0.4, -0.2) is 84.0 Å². The Bertz CT molecular complexity index is 538. The molecule has 2 saturated heterocycles. The maximum atomic E-state index is 9.81. The number of morpholine rings is 2. The molecular weight excluding hydrogens is 324 g/mol. The average Bonchev–Trinajstić information content (AvgIpc) is 2.61. The molecule has 8 heteroatoms. The van der Waals surface area contributed by atoms with Crippen LogP contribution >= 0.6 is 0 Å². The number of aromatic nitrogens is 2. The third-order valence-corrected chi connectivity index (χ3v) is 4.72. The van der Waals surface area contributed by atoms with Crippen molar-refractivity contribution in [3.8, 4) is 0 Å². The maximum Gasteiger partial charge on any atom is 0.134 e. The summed E-state index contributed by atoms with van der Waals surface area (Å²) in [6, 6.07) is 1.97. The first-order valence-corrected chi connectivity index (χ1v) is 8.89. The van der Waals surface area contributed by atoms with E-state index in [-0.39, 0.29) is 12.2 Å². The van der Waals surface area contributed by atoms with Crippen molar-refractivity contribution < 1.29 is 19.7 Å². The third-order valence-electron chi connectivity index (χ3n) is 4.72. The van der Waals surface area contributed by atoms with Gasteiger partial charge < -0.3 is 29.5 Å². The van der Waals surface area contributed by atoms with Crippen molar-refractivity contribution in [2.45, 2.75) is 45.2 Å². The SMILES string of the molecule is Cc1nc(N2CCOC([C@H](C)O)C2)cc(N2CCOC([C@H](C)O)C2)n1. The molecule has 8 nitrogen and oxygen atoms in total. The predicted octanol–water partition coefficient (Wildman–Crippen LogP) is -0.0430. The molecule has 2 fully saturated rings. The van der Waals surface area contributed by atoms with Crippen molar-refractivity contribution in [3.63, 3.8) is 0 Å². The Morgan fingerprint density at radius 1 is 0.960 bits per heavy atom. The van der Waals surface area contributed by atoms with Gasteiger partial charge in [-0.25, -0.2) is 9.97 Å². The van der Waals surface area contributed by atoms with Crippen LogP contribution in [0.15, 0.2) is 6.07 Å². The number of rotatable bonds is 4. The van der Waals surface area contributed by atoms with Crippen molar-refractivity contribution in [2.75, 3.05) is 49.2 Å². The molecule has 25 heavy (non-hydrogen) atoms. The molecule has 2 aliphatic rings. The van der Waals surface area contributed by atoms with Gasteiger partial charge in [-0.1, -0.05) is 0 Å². The number of anilines is 2. The molecule has 2 unspecified atom stereocenters. The monoisotopic (exact) mass is 352 g/mol. The first-order chi connectivity index (χ1) is 11.9. The van der Waals surface area contributed by atoms with Crippen molar-refractivity contribution in [1.82, 2.24) is 9.97 Å². The average molecular weight is 352 g/mol. The summed E-state index contributed by atoms with van der Waals surface area (Å²) in [7, 11) is 0. The minimum atomic E-state index is -0.517. The topological polar surface area (TPSA) is 91.2 Å². The molecule has 4 atom stereocenters. The van der Waals surface area contributed by atoms with E-state index in [0.29, 0.717) is 32.1 Å². The Balaban J connectivity index is 1.78. The van der Waals surface area contributed by atoms with Crippen LogP contribution < -0.4 is 9.80 Å². The van der Waals surface area contributed by atoms with Crippen LogP contribution in [-0.2, 0) is 9.47 Å². The van der Waals surface area contributed by atoms with Gasteiger partial charge in [0.05, 0.1) is 25.4 Å². The highest BCUT2D eigenvalue weighted by Gasteiger charge is 2.28. The number of nitrogens with zero attached hydrogens (tertiary/aromatic N) is 4. The van der Waals surface area contributed by atoms with Crippen LogP contribution in [0, 0.1) is 6.92 Å². The van der Waals surface area contributed by atoms with Gasteiger partial charge in [-0.15, -0.1) is 0 Å². The van der Waals surface area contributed by atoms with Crippen molar-refractivity contribution in [1.29, 1.82) is 0 Å². The van der Waals surface area contributed by atoms with E-state index in [4.69, 9.17) is 9.47 Å². The second kappa shape index (κ2) is 7.82. The summed E-state index contributed by atoms with van der Waals surface area (Å²) < 4.78 is 11.2. The van der Waals surface area contributed by atoms with Gasteiger partial charge in [0.1, 0.15) is 29.7 Å². The van der Waals surface area contributed by atoms with E-state index < -0.39 is 12.2 Å². The zero-order valence-electron chi connectivity index (χ0n) is 15.1. The van der Waals surface area contributed by atoms with Crippen molar-refractivity contribution >= 4 is 11.6 Å². The molecule has 140 valence electrons. The van der Waals surface area contributed by atoms with Crippen molar-refractivity contribution in [3.05, 3.63) is 11.9 Å². The molecule has 0 amide bonds. The Kier molecular flexibility index (Phi) is 5.73. The first-order valence-electron chi connectivity index (χ1n) is 8.89. The molecule has 2 aliphatic heterocycles. The Morgan fingerprint density at radius 3 is 1.80 bits per heavy atom. The van der Waals surface area contributed by atoms with Gasteiger partial charge in [0.2, 0.25) is 0 Å². The lowest BCUT2D eigenvalue weighted by Crippen LogP contribution is -2.48. The smallest absolute Gasteiger partial charge is 0.134 e. The number of aliphatic hydroxyl groups excluding tert-OH is 2. The normalized spacial score (nSPS) is 27.2. The quantitative estimate of drug-likeness (QED) is 0.780. The summed E-state index contributed by atoms with van der Waals surface area (Å²) in [5.74, 6) is 2.39. The number of aryl methyl sites for hydroxylation is 1. The molecule has 0 bridgehead atoms. The molecule has 1 aromatic heterocycles. The molecule has 2 N–H and O–H groups in total. The highest BCUT2D eigenvalue weighted by molar-refractivity contribution is 5.51. The van der Waals surface area contributed by atoms with E-state index in [2.05, 4.69) is 19.8 Å². The highest BCUT2D eigenvalue weighted by atomic mass is 16.5. The lowest BCUT2D eigenvalue weighted by Gasteiger charge is -2.37. The summed E-state index contributed by atoms with van der Waals surface area (Å²) >= 11 is 0. The van der Waals surface area contributed by atoms with Gasteiger partial charge in [-0.05, 0) is 20.8 Å². The van der Waals surface area contributed by atoms with Gasteiger partial charge in [0.25, 0.3) is 0 Å². The number of hydrogen-bond acceptors (Lipinski definition) is 8. The largest absolute Gasteiger partial charge is 0.391 e. The number of hydrogen-bond donors (Lipinski definition) is 2. The lowest BCUT2D eigenvalue weighted by atomic mass is 10.1. The second-order valence-electron chi connectivity index (χ2n) is 6.82. The van der Waals surface area contributed by atoms with Gasteiger partial charge in [0, 0.05) is 32.2 Å². The molecule has 0 spiro atoms. The predicted molar refractivity (Wildman–Crippen MR) is 94.0 cm³/mol. The van der Waals surface area contributed by atoms with Crippen LogP contribution in [0.1, 0.15) is 19.7 Å². The summed E-state index contributed by atoms with van der Waals surface area (Å²) in [6.07, 6.45) is -1.46. The fourth-order valence-electron chi connectivity index (χ4n) is 3.21. The molecule has 3 heterocycles. The number of aliphatic hydroxyl groups is 2. The molecular formula is C17H28N4O4. The third kappa shape index (κ3) is 4.38. The van der Waals surface area contributed by atoms with Gasteiger partial charge in [-0.2, -0.15) is 0 Å². The maximum absolute atomic E-state index is 9.81. The summed E-state index contributed by atoms with van der Waals surface area (Å²) in [6.45, 7) is 9.18. The zero-order valence-corrected chi connectivity index (χ0v) is 15.1. The van der Waals surface area contributed by atoms with Crippen LogP contribution in [0.4, 0.5) is 11.6 Å². The fourth-order valence-corrected chi connectivity index (χ4v) is 3.21. The summed E-state index contributed by atoms with van der Waals surface area (Å²) in [5.41, 5.74) is 0. The van der Waals surface area contributed by atoms with Gasteiger partial charge in [0.15, 0.2) is 0 Å². The van der Waals surface area contributed by atoms with E-state index in [0.717, 1.165) is 24.7 Å². The van der Waals surface area contributed by atoms with E-state index >= 15 is 0 Å². The van der Waals surface area contributed by atoms with Gasteiger partial charge in [-0.3, -0.25) is 0 Å². The second-order valence-corrected chi connectivity index (χ2v) is 6.82. The standard InChI is InChI=1S/C17H28N4O4/c1-11(22)14-9-20(4-6-24-14)16-8-17(19-13(3)18-16)21-5-7-25-15(10-21)12(2)23/h8,11-12,14-15,22-23H,4-7,9-10H2,1-3H3/t11-,12-,14?,15?/m0/s1. The molecule has 0 aromatic carbocycles. The molecule has 0 radical (unpaired) electrons. The first kappa shape index (κ1) is 18.3. The minimum absolute atomic E-state index is 0.213. The fraction of sp³-hybridized carbons (Fsp3) is 0.765. The summed E-state index contributed by atoms with van der Waals surface area (Å²) in [4.78, 5) is 13.4. The Labute approximate surface area is 148 Å². The zero-order chi connectivity index (χ0) is 18.0. The minimum Gasteiger partial charge on any atom is -0.391 e. The Hall–Kier alpha value is -1.48. The van der Waals surface area contributed by atoms with E-state index in [1.54, 1.807) is 13.8 Å².